The Hall–Kier alpha value is -4.37. The number of aromatic nitrogens is 2. The molecule has 1 N–H and O–H groups in total. The molecule has 3 unspecified atom stereocenters. The molecule has 1 aromatic heterocycles. The van der Waals surface area contributed by atoms with Crippen LogP contribution in [0.3, 0.4) is 0 Å². The maximum atomic E-state index is 12.1. The van der Waals surface area contributed by atoms with Crippen LogP contribution in [0.5, 0.6) is 11.5 Å². The van der Waals surface area contributed by atoms with E-state index in [2.05, 4.69) is 28.8 Å². The summed E-state index contributed by atoms with van der Waals surface area (Å²) >= 11 is 0. The maximum Gasteiger partial charge on any atom is 1.00 e. The minimum atomic E-state index is -4.79. The van der Waals surface area contributed by atoms with Crippen molar-refractivity contribution in [2.24, 2.45) is 0 Å². The molecule has 0 bridgehead atoms. The summed E-state index contributed by atoms with van der Waals surface area (Å²) in [5, 5.41) is 2.39. The molecular weight excluding hydrogens is 832 g/mol. The number of hydrogen-bond acceptors (Lipinski definition) is 18. The molecule has 3 atom stereocenters. The van der Waals surface area contributed by atoms with Gasteiger partial charge in [0.05, 0.1) is 62.6 Å². The van der Waals surface area contributed by atoms with Gasteiger partial charge in [0, 0.05) is 25.1 Å². The zero-order valence-corrected chi connectivity index (χ0v) is 36.4. The predicted octanol–water partition coefficient (Wildman–Crippen LogP) is -0.187. The van der Waals surface area contributed by atoms with Crippen LogP contribution >= 0.6 is 7.82 Å². The van der Waals surface area contributed by atoms with Gasteiger partial charge in [-0.3, -0.25) is 28.7 Å². The number of benzene rings is 3. The number of phosphoric ester groups is 1. The Morgan fingerprint density at radius 2 is 1.49 bits per heavy atom. The third-order valence-corrected chi connectivity index (χ3v) is 9.32. The fourth-order valence-corrected chi connectivity index (χ4v) is 6.19. The first-order valence-corrected chi connectivity index (χ1v) is 20.3. The second-order valence-corrected chi connectivity index (χ2v) is 14.2. The van der Waals surface area contributed by atoms with Crippen molar-refractivity contribution in [2.45, 2.75) is 25.2 Å². The molecule has 1 amide bonds. The van der Waals surface area contributed by atoms with Gasteiger partial charge in [-0.1, -0.05) is 42.5 Å². The summed E-state index contributed by atoms with van der Waals surface area (Å²) in [4.78, 5) is 65.6. The van der Waals surface area contributed by atoms with Gasteiger partial charge in [0.1, 0.15) is 26.4 Å². The Kier molecular flexibility index (Phi) is 21.7. The van der Waals surface area contributed by atoms with Crippen LogP contribution in [0.15, 0.2) is 72.9 Å². The summed E-state index contributed by atoms with van der Waals surface area (Å²) < 4.78 is 63.4. The number of ether oxygens (including phenoxy) is 8. The van der Waals surface area contributed by atoms with Crippen LogP contribution in [-0.4, -0.2) is 126 Å². The van der Waals surface area contributed by atoms with Crippen LogP contribution in [0.2, 0.25) is 0 Å². The average molecular weight is 878 g/mol. The van der Waals surface area contributed by atoms with E-state index in [0.29, 0.717) is 37.7 Å². The van der Waals surface area contributed by atoms with Gasteiger partial charge < -0.3 is 57.2 Å². The van der Waals surface area contributed by atoms with Crippen molar-refractivity contribution in [2.75, 3.05) is 79.2 Å². The molecule has 3 aromatic carbocycles. The van der Waals surface area contributed by atoms with Crippen molar-refractivity contribution < 1.29 is 105 Å². The van der Waals surface area contributed by atoms with Gasteiger partial charge in [0.15, 0.2) is 23.4 Å². The molecule has 322 valence electrons. The Balaban J connectivity index is 0.00000819. The monoisotopic (exact) mass is 877 g/mol. The van der Waals surface area contributed by atoms with Crippen molar-refractivity contribution in [3.05, 3.63) is 72.9 Å². The van der Waals surface area contributed by atoms with E-state index in [9.17, 15) is 28.6 Å². The zero-order valence-electron chi connectivity index (χ0n) is 33.5. The van der Waals surface area contributed by atoms with E-state index < -0.39 is 45.9 Å². The standard InChI is InChI=1S/C40H46N3O16P.Na/c44-27-54-23-33(55-28-45)24-57-60(48,49)56-15-13-41-39(47)25-52-19-18-51-22-32(46)4-3-14-50-16-17-53-26-40-58-37-12-11-31(20-38(37)59-40)29-7-9-30(10-8-29)36-21-42-34-5-1-2-6-35(34)43-36;/h1-2,5-12,20-21,27-28,33,40H,3-4,13-19,22-26H2,(H,41,47)(H,48,49);/q;+1/p-1. The third-order valence-electron chi connectivity index (χ3n) is 8.35. The molecular formula is C40H45N3NaO16P. The molecule has 4 aromatic rings. The first-order valence-electron chi connectivity index (χ1n) is 18.9. The van der Waals surface area contributed by atoms with Gasteiger partial charge in [-0.2, -0.15) is 0 Å². The number of carbonyl (C=O) groups is 4. The van der Waals surface area contributed by atoms with E-state index in [0.717, 1.165) is 33.4 Å². The van der Waals surface area contributed by atoms with Crippen molar-refractivity contribution in [1.82, 2.24) is 15.3 Å². The number of rotatable bonds is 30. The fraction of sp³-hybridized carbons (Fsp3) is 0.400. The van der Waals surface area contributed by atoms with Crippen LogP contribution in [0.4, 0.5) is 0 Å². The normalized spacial score (nSPS) is 14.3. The first-order chi connectivity index (χ1) is 29.2. The summed E-state index contributed by atoms with van der Waals surface area (Å²) in [5.41, 5.74) is 5.48. The van der Waals surface area contributed by atoms with E-state index in [1.54, 1.807) is 6.20 Å². The summed E-state index contributed by atoms with van der Waals surface area (Å²) in [6.45, 7) is -0.599. The molecule has 0 aliphatic carbocycles. The van der Waals surface area contributed by atoms with Gasteiger partial charge in [0.25, 0.3) is 27.1 Å². The van der Waals surface area contributed by atoms with Crippen LogP contribution < -0.4 is 49.2 Å². The van der Waals surface area contributed by atoms with Crippen LogP contribution in [0.25, 0.3) is 33.4 Å². The number of carbonyl (C=O) groups excluding carboxylic acids is 4. The number of para-hydroxylation sites is 2. The number of phosphoric acid groups is 1. The van der Waals surface area contributed by atoms with Crippen molar-refractivity contribution >= 4 is 43.5 Å². The van der Waals surface area contributed by atoms with Crippen LogP contribution in [-0.2, 0) is 61.2 Å². The number of nitrogens with zero attached hydrogens (tertiary/aromatic N) is 2. The predicted molar refractivity (Wildman–Crippen MR) is 208 cm³/mol. The van der Waals surface area contributed by atoms with E-state index in [1.807, 2.05) is 66.7 Å². The Morgan fingerprint density at radius 3 is 2.28 bits per heavy atom. The number of amides is 1. The quantitative estimate of drug-likeness (QED) is 0.0309. The number of nitrogens with one attached hydrogen (secondary N) is 1. The average Bonchev–Trinajstić information content (AvgIpc) is 3.67. The van der Waals surface area contributed by atoms with Crippen LogP contribution in [0, 0.1) is 0 Å². The first kappa shape index (κ1) is 49.3. The Labute approximate surface area is 373 Å². The molecule has 0 saturated heterocycles. The molecule has 61 heavy (non-hydrogen) atoms. The second kappa shape index (κ2) is 26.9. The fourth-order valence-electron chi connectivity index (χ4n) is 5.46. The molecule has 0 saturated carbocycles. The number of Topliss-reactive ketones (excluding diaryl/α,β-unsaturated/α-hetero) is 1. The Bertz CT molecular complexity index is 2050. The third kappa shape index (κ3) is 17.5. The van der Waals surface area contributed by atoms with Crippen molar-refractivity contribution in [3.63, 3.8) is 0 Å². The van der Waals surface area contributed by atoms with Crippen molar-refractivity contribution in [3.8, 4) is 33.9 Å². The molecule has 1 aliphatic rings. The van der Waals surface area contributed by atoms with Gasteiger partial charge in [0.2, 0.25) is 5.91 Å². The molecule has 0 fully saturated rings. The number of hydrogen-bond donors (Lipinski definition) is 1. The van der Waals surface area contributed by atoms with Gasteiger partial charge in [-0.15, -0.1) is 0 Å². The minimum Gasteiger partial charge on any atom is -0.756 e. The van der Waals surface area contributed by atoms with E-state index in [4.69, 9.17) is 33.4 Å². The Morgan fingerprint density at radius 1 is 0.787 bits per heavy atom. The molecule has 5 rings (SSSR count). The number of ketones is 1. The molecule has 0 spiro atoms. The second-order valence-electron chi connectivity index (χ2n) is 12.8. The molecule has 0 radical (unpaired) electrons. The van der Waals surface area contributed by atoms with E-state index in [1.165, 1.54) is 0 Å². The van der Waals surface area contributed by atoms with E-state index >= 15 is 0 Å². The zero-order chi connectivity index (χ0) is 42.4. The van der Waals surface area contributed by atoms with Gasteiger partial charge in [-0.25, -0.2) is 4.98 Å². The number of fused-ring (bicyclic) bond motifs is 2. The summed E-state index contributed by atoms with van der Waals surface area (Å²) in [5.74, 6) is 0.625. The smallest absolute Gasteiger partial charge is 0.756 e. The minimum absolute atomic E-state index is 0. The van der Waals surface area contributed by atoms with Crippen LogP contribution in [0.1, 0.15) is 12.8 Å². The maximum absolute atomic E-state index is 12.1. The largest absolute Gasteiger partial charge is 1.00 e. The summed E-state index contributed by atoms with van der Waals surface area (Å²) in [6.07, 6.45) is 0.824. The summed E-state index contributed by atoms with van der Waals surface area (Å²) in [7, 11) is -4.79. The van der Waals surface area contributed by atoms with Crippen molar-refractivity contribution in [1.29, 1.82) is 0 Å². The van der Waals surface area contributed by atoms with Gasteiger partial charge >= 0.3 is 29.6 Å². The van der Waals surface area contributed by atoms with E-state index in [-0.39, 0.29) is 94.3 Å². The molecule has 2 heterocycles. The molecule has 21 heteroatoms. The van der Waals surface area contributed by atoms with Gasteiger partial charge in [-0.05, 0) is 41.8 Å². The molecule has 19 nitrogen and oxygen atoms in total. The topological polar surface area (TPSA) is 239 Å². The SMILES string of the molecule is O=COCC(COP(=O)([O-])OCCNC(=O)COCCOCC(=O)CCCOCCOCC1Oc2ccc(-c3ccc(-c4cnc5ccccc5n4)cc3)cc2O1)OC=O.[Na+]. The summed E-state index contributed by atoms with van der Waals surface area (Å²) in [6, 6.07) is 21.7. The molecule has 1 aliphatic heterocycles.